The summed E-state index contributed by atoms with van der Waals surface area (Å²) in [6.45, 7) is 3.60. The SMILES string of the molecule is O=C(NC1CCOCC1)C1CCC(Oc2cc(-n3c(C(F)F)nc4ccccc43)nc(N3CCOCC3)n2)CC1. The van der Waals surface area contributed by atoms with E-state index >= 15 is 0 Å². The van der Waals surface area contributed by atoms with Crippen LogP contribution in [0.5, 0.6) is 5.88 Å². The van der Waals surface area contributed by atoms with Gasteiger partial charge in [-0.3, -0.25) is 9.36 Å². The number of nitrogens with zero attached hydrogens (tertiary/aromatic N) is 5. The maximum atomic E-state index is 14.1. The van der Waals surface area contributed by atoms with Gasteiger partial charge in [-0.2, -0.15) is 9.97 Å². The molecule has 6 rings (SSSR count). The molecule has 40 heavy (non-hydrogen) atoms. The van der Waals surface area contributed by atoms with Crippen molar-refractivity contribution in [2.45, 2.75) is 57.1 Å². The number of hydrogen-bond acceptors (Lipinski definition) is 8. The van der Waals surface area contributed by atoms with Gasteiger partial charge in [0.2, 0.25) is 17.7 Å². The second-order valence-corrected chi connectivity index (χ2v) is 10.5. The number of alkyl halides is 2. The number of morpholine rings is 1. The number of hydrogen-bond donors (Lipinski definition) is 1. The Morgan fingerprint density at radius 3 is 2.42 bits per heavy atom. The number of aromatic nitrogens is 4. The molecule has 1 aliphatic carbocycles. The first-order chi connectivity index (χ1) is 19.5. The highest BCUT2D eigenvalue weighted by Crippen LogP contribution is 2.32. The third-order valence-electron chi connectivity index (χ3n) is 7.88. The number of carbonyl (C=O) groups excluding carboxylic acids is 1. The number of imidazole rings is 1. The number of fused-ring (bicyclic) bond motifs is 1. The van der Waals surface area contributed by atoms with Gasteiger partial charge >= 0.3 is 0 Å². The van der Waals surface area contributed by atoms with Crippen molar-refractivity contribution in [3.8, 4) is 11.7 Å². The van der Waals surface area contributed by atoms with E-state index in [4.69, 9.17) is 14.2 Å². The number of amides is 1. The van der Waals surface area contributed by atoms with Gasteiger partial charge in [0.1, 0.15) is 11.9 Å². The van der Waals surface area contributed by atoms with Crippen molar-refractivity contribution < 1.29 is 27.8 Å². The Balaban J connectivity index is 1.22. The summed E-state index contributed by atoms with van der Waals surface area (Å²) in [5, 5.41) is 3.18. The predicted octanol–water partition coefficient (Wildman–Crippen LogP) is 3.82. The second kappa shape index (κ2) is 12.0. The Bertz CT molecular complexity index is 1320. The number of halogens is 2. The second-order valence-electron chi connectivity index (χ2n) is 10.5. The highest BCUT2D eigenvalue weighted by molar-refractivity contribution is 5.79. The van der Waals surface area contributed by atoms with Crippen molar-refractivity contribution in [1.82, 2.24) is 24.8 Å². The molecule has 12 heteroatoms. The molecular weight excluding hydrogens is 522 g/mol. The van der Waals surface area contributed by atoms with Crippen LogP contribution in [0.15, 0.2) is 30.3 Å². The molecule has 1 N–H and O–H groups in total. The van der Waals surface area contributed by atoms with Crippen molar-refractivity contribution in [2.24, 2.45) is 5.92 Å². The highest BCUT2D eigenvalue weighted by Gasteiger charge is 2.30. The van der Waals surface area contributed by atoms with Gasteiger partial charge < -0.3 is 24.4 Å². The lowest BCUT2D eigenvalue weighted by molar-refractivity contribution is -0.127. The molecule has 2 saturated heterocycles. The highest BCUT2D eigenvalue weighted by atomic mass is 19.3. The lowest BCUT2D eigenvalue weighted by Gasteiger charge is -2.31. The molecular formula is C28H34F2N6O4. The molecule has 0 spiro atoms. The van der Waals surface area contributed by atoms with E-state index < -0.39 is 6.43 Å². The molecule has 3 aliphatic rings. The summed E-state index contributed by atoms with van der Waals surface area (Å²) in [6.07, 6.45) is 1.62. The van der Waals surface area contributed by atoms with Gasteiger partial charge in [0, 0.05) is 44.3 Å². The van der Waals surface area contributed by atoms with E-state index in [-0.39, 0.29) is 35.6 Å². The van der Waals surface area contributed by atoms with Crippen molar-refractivity contribution in [3.63, 3.8) is 0 Å². The Labute approximate surface area is 231 Å². The average molecular weight is 557 g/mol. The normalized spacial score (nSPS) is 22.5. The molecule has 3 aromatic rings. The number of para-hydroxylation sites is 2. The van der Waals surface area contributed by atoms with Gasteiger partial charge in [0.25, 0.3) is 6.43 Å². The number of benzene rings is 1. The van der Waals surface area contributed by atoms with Gasteiger partial charge in [0.15, 0.2) is 5.82 Å². The maximum absolute atomic E-state index is 14.1. The lowest BCUT2D eigenvalue weighted by atomic mass is 9.86. The molecule has 1 amide bonds. The average Bonchev–Trinajstić information content (AvgIpc) is 3.39. The fourth-order valence-corrected chi connectivity index (χ4v) is 5.69. The van der Waals surface area contributed by atoms with E-state index in [1.54, 1.807) is 30.3 Å². The molecule has 0 bridgehead atoms. The van der Waals surface area contributed by atoms with Crippen LogP contribution in [0.2, 0.25) is 0 Å². The molecule has 4 heterocycles. The Morgan fingerprint density at radius 2 is 1.68 bits per heavy atom. The minimum absolute atomic E-state index is 0.0431. The standard InChI is InChI=1S/C28H34F2N6O4/c29-25(30)26-32-21-3-1-2-4-22(21)36(26)23-17-24(34-28(33-23)35-11-15-39-16-12-35)40-20-7-5-18(6-8-20)27(37)31-19-9-13-38-14-10-19/h1-4,17-20,25H,5-16H2,(H,31,37). The van der Waals surface area contributed by atoms with Crippen LogP contribution >= 0.6 is 0 Å². The maximum Gasteiger partial charge on any atom is 0.296 e. The molecule has 10 nitrogen and oxygen atoms in total. The summed E-state index contributed by atoms with van der Waals surface area (Å²) in [7, 11) is 0. The van der Waals surface area contributed by atoms with Gasteiger partial charge in [-0.05, 0) is 50.7 Å². The molecule has 3 fully saturated rings. The molecule has 1 saturated carbocycles. The van der Waals surface area contributed by atoms with Crippen LogP contribution in [0.1, 0.15) is 50.8 Å². The first kappa shape index (κ1) is 26.8. The van der Waals surface area contributed by atoms with E-state index in [9.17, 15) is 13.6 Å². The Morgan fingerprint density at radius 1 is 0.950 bits per heavy atom. The summed E-state index contributed by atoms with van der Waals surface area (Å²) in [5.74, 6) is 0.682. The quantitative estimate of drug-likeness (QED) is 0.469. The van der Waals surface area contributed by atoms with E-state index in [0.29, 0.717) is 75.2 Å². The number of ether oxygens (including phenoxy) is 3. The predicted molar refractivity (Wildman–Crippen MR) is 143 cm³/mol. The minimum Gasteiger partial charge on any atom is -0.474 e. The summed E-state index contributed by atoms with van der Waals surface area (Å²) >= 11 is 0. The largest absolute Gasteiger partial charge is 0.474 e. The fourth-order valence-electron chi connectivity index (χ4n) is 5.69. The third-order valence-corrected chi connectivity index (χ3v) is 7.88. The van der Waals surface area contributed by atoms with Gasteiger partial charge in [-0.1, -0.05) is 12.1 Å². The Kier molecular flexibility index (Phi) is 8.05. The minimum atomic E-state index is -2.79. The first-order valence-corrected chi connectivity index (χ1v) is 14.1. The van der Waals surface area contributed by atoms with Crippen LogP contribution < -0.4 is 15.0 Å². The van der Waals surface area contributed by atoms with Crippen LogP contribution in [0.25, 0.3) is 16.9 Å². The van der Waals surface area contributed by atoms with Crippen molar-refractivity contribution in [2.75, 3.05) is 44.4 Å². The van der Waals surface area contributed by atoms with E-state index in [1.807, 2.05) is 4.90 Å². The molecule has 0 radical (unpaired) electrons. The van der Waals surface area contributed by atoms with Crippen LogP contribution in [0.3, 0.4) is 0 Å². The third kappa shape index (κ3) is 5.87. The van der Waals surface area contributed by atoms with E-state index in [1.165, 1.54) is 4.57 Å². The fraction of sp³-hybridized carbons (Fsp3) is 0.571. The number of anilines is 1. The summed E-state index contributed by atoms with van der Waals surface area (Å²) in [6, 6.07) is 8.80. The van der Waals surface area contributed by atoms with Crippen molar-refractivity contribution >= 4 is 22.9 Å². The number of rotatable bonds is 7. The van der Waals surface area contributed by atoms with Crippen molar-refractivity contribution in [1.29, 1.82) is 0 Å². The van der Waals surface area contributed by atoms with Crippen molar-refractivity contribution in [3.05, 3.63) is 36.2 Å². The Hall–Kier alpha value is -3.38. The lowest BCUT2D eigenvalue weighted by Crippen LogP contribution is -2.43. The molecule has 0 unspecified atom stereocenters. The summed E-state index contributed by atoms with van der Waals surface area (Å²) in [5.41, 5.74) is 0.996. The van der Waals surface area contributed by atoms with Crippen LogP contribution in [0, 0.1) is 5.92 Å². The monoisotopic (exact) mass is 556 g/mol. The zero-order valence-corrected chi connectivity index (χ0v) is 22.3. The van der Waals surface area contributed by atoms with Gasteiger partial charge in [-0.25, -0.2) is 13.8 Å². The topological polar surface area (TPSA) is 104 Å². The van der Waals surface area contributed by atoms with Crippen LogP contribution in [-0.4, -0.2) is 77.1 Å². The first-order valence-electron chi connectivity index (χ1n) is 14.1. The number of carbonyl (C=O) groups is 1. The van der Waals surface area contributed by atoms with Gasteiger partial charge in [-0.15, -0.1) is 0 Å². The molecule has 2 aliphatic heterocycles. The molecule has 2 aromatic heterocycles. The zero-order valence-electron chi connectivity index (χ0n) is 22.3. The number of nitrogens with one attached hydrogen (secondary N) is 1. The van der Waals surface area contributed by atoms with Crippen LogP contribution in [0.4, 0.5) is 14.7 Å². The molecule has 214 valence electrons. The molecule has 1 aromatic carbocycles. The van der Waals surface area contributed by atoms with E-state index in [0.717, 1.165) is 25.7 Å². The van der Waals surface area contributed by atoms with Crippen LogP contribution in [-0.2, 0) is 14.3 Å². The molecule has 0 atom stereocenters. The zero-order chi connectivity index (χ0) is 27.5. The summed E-state index contributed by atoms with van der Waals surface area (Å²) < 4.78 is 46.8. The van der Waals surface area contributed by atoms with E-state index in [2.05, 4.69) is 20.3 Å². The summed E-state index contributed by atoms with van der Waals surface area (Å²) in [4.78, 5) is 28.3. The van der Waals surface area contributed by atoms with Gasteiger partial charge in [0.05, 0.1) is 24.2 Å². The smallest absolute Gasteiger partial charge is 0.296 e.